The Labute approximate surface area is 83.5 Å². The Morgan fingerprint density at radius 3 is 2.93 bits per heavy atom. The van der Waals surface area contributed by atoms with Gasteiger partial charge in [-0.1, -0.05) is 18.2 Å². The summed E-state index contributed by atoms with van der Waals surface area (Å²) in [5, 5.41) is 0. The van der Waals surface area contributed by atoms with Crippen molar-refractivity contribution in [1.29, 1.82) is 0 Å². The van der Waals surface area contributed by atoms with E-state index in [9.17, 15) is 4.79 Å². The molecule has 0 aromatic heterocycles. The number of hydrogen-bond donors (Lipinski definition) is 1. The Kier molecular flexibility index (Phi) is 2.15. The molecule has 1 unspecified atom stereocenters. The van der Waals surface area contributed by atoms with Gasteiger partial charge >= 0.3 is 0 Å². The van der Waals surface area contributed by atoms with Gasteiger partial charge < -0.3 is 10.6 Å². The second kappa shape index (κ2) is 3.33. The van der Waals surface area contributed by atoms with E-state index >= 15 is 0 Å². The molecule has 0 fully saturated rings. The number of hydrogen-bond acceptors (Lipinski definition) is 2. The van der Waals surface area contributed by atoms with Gasteiger partial charge in [0.1, 0.15) is 6.04 Å². The molecule has 1 heterocycles. The van der Waals surface area contributed by atoms with Crippen LogP contribution in [0.15, 0.2) is 24.3 Å². The van der Waals surface area contributed by atoms with Crippen molar-refractivity contribution >= 4 is 11.6 Å². The maximum atomic E-state index is 11.1. The Morgan fingerprint density at radius 1 is 1.50 bits per heavy atom. The van der Waals surface area contributed by atoms with Crippen molar-refractivity contribution in [2.45, 2.75) is 19.4 Å². The van der Waals surface area contributed by atoms with E-state index in [0.29, 0.717) is 0 Å². The van der Waals surface area contributed by atoms with E-state index in [2.05, 4.69) is 11.0 Å². The number of carbonyl (C=O) groups is 1. The summed E-state index contributed by atoms with van der Waals surface area (Å²) in [6.07, 6.45) is 1.01. The van der Waals surface area contributed by atoms with Gasteiger partial charge in [0.15, 0.2) is 0 Å². The SMILES string of the molecule is CC(C(N)=O)N1CCc2ccccc21. The molecule has 3 nitrogen and oxygen atoms in total. The highest BCUT2D eigenvalue weighted by molar-refractivity contribution is 5.84. The number of nitrogens with zero attached hydrogens (tertiary/aromatic N) is 1. The summed E-state index contributed by atoms with van der Waals surface area (Å²) in [5.41, 5.74) is 7.75. The number of rotatable bonds is 2. The summed E-state index contributed by atoms with van der Waals surface area (Å²) in [5.74, 6) is -0.262. The zero-order chi connectivity index (χ0) is 10.1. The van der Waals surface area contributed by atoms with Crippen LogP contribution in [-0.2, 0) is 11.2 Å². The third-order valence-corrected chi connectivity index (χ3v) is 2.80. The minimum absolute atomic E-state index is 0.210. The number of amides is 1. The van der Waals surface area contributed by atoms with Crippen molar-refractivity contribution in [3.63, 3.8) is 0 Å². The molecule has 1 aliphatic heterocycles. The maximum absolute atomic E-state index is 11.1. The van der Waals surface area contributed by atoms with E-state index < -0.39 is 0 Å². The van der Waals surface area contributed by atoms with Crippen LogP contribution in [0.5, 0.6) is 0 Å². The summed E-state index contributed by atoms with van der Waals surface area (Å²) in [6, 6.07) is 7.95. The highest BCUT2D eigenvalue weighted by atomic mass is 16.1. The first-order valence-electron chi connectivity index (χ1n) is 4.84. The van der Waals surface area contributed by atoms with Gasteiger partial charge in [-0.3, -0.25) is 4.79 Å². The second-order valence-electron chi connectivity index (χ2n) is 3.65. The lowest BCUT2D eigenvalue weighted by molar-refractivity contribution is -0.118. The number of primary amides is 1. The van der Waals surface area contributed by atoms with E-state index in [-0.39, 0.29) is 11.9 Å². The molecule has 1 amide bonds. The third kappa shape index (κ3) is 1.35. The third-order valence-electron chi connectivity index (χ3n) is 2.80. The topological polar surface area (TPSA) is 46.3 Å². The van der Waals surface area contributed by atoms with Gasteiger partial charge in [0.25, 0.3) is 0 Å². The van der Waals surface area contributed by atoms with Crippen molar-refractivity contribution in [3.05, 3.63) is 29.8 Å². The van der Waals surface area contributed by atoms with Crippen LogP contribution >= 0.6 is 0 Å². The molecule has 0 saturated heterocycles. The first-order valence-corrected chi connectivity index (χ1v) is 4.84. The molecular formula is C11H14N2O. The van der Waals surface area contributed by atoms with Crippen LogP contribution in [0, 0.1) is 0 Å². The largest absolute Gasteiger partial charge is 0.368 e. The normalized spacial score (nSPS) is 16.5. The Hall–Kier alpha value is -1.51. The number of benzene rings is 1. The Bertz CT molecular complexity index is 362. The monoisotopic (exact) mass is 190 g/mol. The average molecular weight is 190 g/mol. The smallest absolute Gasteiger partial charge is 0.239 e. The van der Waals surface area contributed by atoms with Gasteiger partial charge in [0.05, 0.1) is 0 Å². The Morgan fingerprint density at radius 2 is 2.21 bits per heavy atom. The molecule has 0 spiro atoms. The fourth-order valence-corrected chi connectivity index (χ4v) is 1.92. The molecule has 2 rings (SSSR count). The summed E-state index contributed by atoms with van der Waals surface area (Å²) < 4.78 is 0. The van der Waals surface area contributed by atoms with E-state index in [4.69, 9.17) is 5.73 Å². The molecule has 0 saturated carbocycles. The van der Waals surface area contributed by atoms with Crippen LogP contribution < -0.4 is 10.6 Å². The van der Waals surface area contributed by atoms with Gasteiger partial charge in [0.2, 0.25) is 5.91 Å². The zero-order valence-electron chi connectivity index (χ0n) is 8.23. The second-order valence-corrected chi connectivity index (χ2v) is 3.65. The minimum Gasteiger partial charge on any atom is -0.368 e. The van der Waals surface area contributed by atoms with Crippen molar-refractivity contribution in [1.82, 2.24) is 0 Å². The van der Waals surface area contributed by atoms with Gasteiger partial charge in [-0.05, 0) is 25.0 Å². The summed E-state index contributed by atoms with van der Waals surface area (Å²) in [6.45, 7) is 2.74. The quantitative estimate of drug-likeness (QED) is 0.753. The molecule has 0 radical (unpaired) electrons. The van der Waals surface area contributed by atoms with E-state index in [0.717, 1.165) is 18.7 Å². The fraction of sp³-hybridized carbons (Fsp3) is 0.364. The number of fused-ring (bicyclic) bond motifs is 1. The van der Waals surface area contributed by atoms with Crippen molar-refractivity contribution < 1.29 is 4.79 Å². The molecule has 0 aliphatic carbocycles. The summed E-state index contributed by atoms with van der Waals surface area (Å²) in [4.78, 5) is 13.1. The molecule has 2 N–H and O–H groups in total. The van der Waals surface area contributed by atoms with Crippen LogP contribution in [0.25, 0.3) is 0 Å². The van der Waals surface area contributed by atoms with Crippen LogP contribution in [0.4, 0.5) is 5.69 Å². The van der Waals surface area contributed by atoms with Crippen LogP contribution in [-0.4, -0.2) is 18.5 Å². The lowest BCUT2D eigenvalue weighted by Gasteiger charge is -2.24. The van der Waals surface area contributed by atoms with Crippen LogP contribution in [0.2, 0.25) is 0 Å². The molecule has 74 valence electrons. The molecule has 3 heteroatoms. The molecular weight excluding hydrogens is 176 g/mol. The van der Waals surface area contributed by atoms with Gasteiger partial charge in [0, 0.05) is 12.2 Å². The number of anilines is 1. The first kappa shape index (κ1) is 9.06. The average Bonchev–Trinajstić information content (AvgIpc) is 2.60. The Balaban J connectivity index is 2.30. The van der Waals surface area contributed by atoms with E-state index in [1.165, 1.54) is 5.56 Å². The molecule has 14 heavy (non-hydrogen) atoms. The van der Waals surface area contributed by atoms with Crippen LogP contribution in [0.3, 0.4) is 0 Å². The van der Waals surface area contributed by atoms with Gasteiger partial charge in [-0.2, -0.15) is 0 Å². The number of para-hydroxylation sites is 1. The highest BCUT2D eigenvalue weighted by Gasteiger charge is 2.25. The predicted octanol–water partition coefficient (Wildman–Crippen LogP) is 0.923. The lowest BCUT2D eigenvalue weighted by Crippen LogP contribution is -2.41. The van der Waals surface area contributed by atoms with E-state index in [1.54, 1.807) is 0 Å². The van der Waals surface area contributed by atoms with Crippen LogP contribution in [0.1, 0.15) is 12.5 Å². The fourth-order valence-electron chi connectivity index (χ4n) is 1.92. The lowest BCUT2D eigenvalue weighted by atomic mass is 10.2. The first-order chi connectivity index (χ1) is 6.70. The van der Waals surface area contributed by atoms with Crippen molar-refractivity contribution in [2.75, 3.05) is 11.4 Å². The number of nitrogens with two attached hydrogens (primary N) is 1. The van der Waals surface area contributed by atoms with Gasteiger partial charge in [-0.15, -0.1) is 0 Å². The molecule has 1 aliphatic rings. The summed E-state index contributed by atoms with van der Waals surface area (Å²) in [7, 11) is 0. The standard InChI is InChI=1S/C11H14N2O/c1-8(11(12)14)13-7-6-9-4-2-3-5-10(9)13/h2-5,8H,6-7H2,1H3,(H2,12,14). The zero-order valence-corrected chi connectivity index (χ0v) is 8.23. The van der Waals surface area contributed by atoms with Crippen molar-refractivity contribution in [2.24, 2.45) is 5.73 Å². The molecule has 1 aromatic rings. The molecule has 1 aromatic carbocycles. The predicted molar refractivity (Wildman–Crippen MR) is 56.1 cm³/mol. The van der Waals surface area contributed by atoms with E-state index in [1.807, 2.05) is 25.1 Å². The van der Waals surface area contributed by atoms with Gasteiger partial charge in [-0.25, -0.2) is 0 Å². The highest BCUT2D eigenvalue weighted by Crippen LogP contribution is 2.28. The van der Waals surface area contributed by atoms with Crippen molar-refractivity contribution in [3.8, 4) is 0 Å². The summed E-state index contributed by atoms with van der Waals surface area (Å²) >= 11 is 0. The maximum Gasteiger partial charge on any atom is 0.239 e. The molecule has 0 bridgehead atoms. The minimum atomic E-state index is -0.262. The number of carbonyl (C=O) groups excluding carboxylic acids is 1. The molecule has 1 atom stereocenters.